The third kappa shape index (κ3) is 2.54. The monoisotopic (exact) mass is 251 g/mol. The summed E-state index contributed by atoms with van der Waals surface area (Å²) in [6, 6.07) is 2.86. The number of thiophene rings is 1. The second-order valence-corrected chi connectivity index (χ2v) is 6.24. The lowest BCUT2D eigenvalue weighted by molar-refractivity contribution is 0.0695. The molecule has 0 bridgehead atoms. The molecule has 1 fully saturated rings. The number of amides is 1. The molecule has 0 saturated heterocycles. The highest BCUT2D eigenvalue weighted by Gasteiger charge is 2.35. The average Bonchev–Trinajstić information content (AvgIpc) is 3.00. The van der Waals surface area contributed by atoms with Crippen LogP contribution in [0, 0.1) is 6.92 Å². The number of aryl methyl sites for hydroxylation is 2. The summed E-state index contributed by atoms with van der Waals surface area (Å²) < 4.78 is 0. The molecule has 1 aromatic rings. The van der Waals surface area contributed by atoms with Crippen molar-refractivity contribution >= 4 is 17.2 Å². The number of hydrogen-bond acceptors (Lipinski definition) is 2. The van der Waals surface area contributed by atoms with Gasteiger partial charge >= 0.3 is 0 Å². The summed E-state index contributed by atoms with van der Waals surface area (Å²) in [6.07, 6.45) is 3.37. The van der Waals surface area contributed by atoms with Gasteiger partial charge in [0, 0.05) is 17.0 Å². The lowest BCUT2D eigenvalue weighted by atomic mass is 10.2. The van der Waals surface area contributed by atoms with E-state index < -0.39 is 0 Å². The number of nitrogens with zero attached hydrogens (tertiary/aromatic N) is 1. The standard InChI is InChI=1S/C14H21NOS/c1-5-12-10(4)8-13(17-12)14(16)15(9(2)3)11-6-7-11/h8-9,11H,5-7H2,1-4H3. The predicted octanol–water partition coefficient (Wildman–Crippen LogP) is 3.63. The summed E-state index contributed by atoms with van der Waals surface area (Å²) >= 11 is 1.67. The van der Waals surface area contributed by atoms with Crippen LogP contribution in [0.1, 0.15) is 53.7 Å². The first-order valence-corrected chi connectivity index (χ1v) is 7.28. The van der Waals surface area contributed by atoms with Crippen molar-refractivity contribution in [3.63, 3.8) is 0 Å². The molecule has 1 aliphatic carbocycles. The highest BCUT2D eigenvalue weighted by atomic mass is 32.1. The number of carbonyl (C=O) groups is 1. The lowest BCUT2D eigenvalue weighted by Gasteiger charge is -2.26. The van der Waals surface area contributed by atoms with Crippen LogP contribution in [0.5, 0.6) is 0 Å². The smallest absolute Gasteiger partial charge is 0.264 e. The van der Waals surface area contributed by atoms with Gasteiger partial charge in [-0.1, -0.05) is 6.92 Å². The molecular formula is C14H21NOS. The molecule has 1 heterocycles. The fourth-order valence-electron chi connectivity index (χ4n) is 2.28. The minimum Gasteiger partial charge on any atom is -0.333 e. The summed E-state index contributed by atoms with van der Waals surface area (Å²) in [7, 11) is 0. The van der Waals surface area contributed by atoms with Crippen molar-refractivity contribution in [2.24, 2.45) is 0 Å². The van der Waals surface area contributed by atoms with Crippen LogP contribution in [0.2, 0.25) is 0 Å². The Morgan fingerprint density at radius 1 is 1.53 bits per heavy atom. The van der Waals surface area contributed by atoms with Gasteiger partial charge in [0.15, 0.2) is 0 Å². The molecular weight excluding hydrogens is 230 g/mol. The van der Waals surface area contributed by atoms with E-state index >= 15 is 0 Å². The van der Waals surface area contributed by atoms with Gasteiger partial charge < -0.3 is 4.90 Å². The maximum absolute atomic E-state index is 12.5. The van der Waals surface area contributed by atoms with Crippen LogP contribution in [0.25, 0.3) is 0 Å². The zero-order valence-electron chi connectivity index (χ0n) is 11.1. The van der Waals surface area contributed by atoms with Gasteiger partial charge in [0.1, 0.15) is 0 Å². The molecule has 0 N–H and O–H groups in total. The van der Waals surface area contributed by atoms with Crippen molar-refractivity contribution in [1.29, 1.82) is 0 Å². The SMILES string of the molecule is CCc1sc(C(=O)N(C(C)C)C2CC2)cc1C. The first-order valence-electron chi connectivity index (χ1n) is 6.46. The lowest BCUT2D eigenvalue weighted by Crippen LogP contribution is -2.38. The molecule has 2 nitrogen and oxygen atoms in total. The Kier molecular flexibility index (Phi) is 3.57. The summed E-state index contributed by atoms with van der Waals surface area (Å²) in [6.45, 7) is 8.46. The van der Waals surface area contributed by atoms with Gasteiger partial charge in [-0.05, 0) is 51.7 Å². The number of carbonyl (C=O) groups excluding carboxylic acids is 1. The third-order valence-corrected chi connectivity index (χ3v) is 4.65. The van der Waals surface area contributed by atoms with E-state index in [1.165, 1.54) is 23.3 Å². The van der Waals surface area contributed by atoms with Crippen LogP contribution in [0.4, 0.5) is 0 Å². The Labute approximate surface area is 108 Å². The van der Waals surface area contributed by atoms with Gasteiger partial charge in [0.05, 0.1) is 4.88 Å². The van der Waals surface area contributed by atoms with Crippen molar-refractivity contribution in [2.75, 3.05) is 0 Å². The third-order valence-electron chi connectivity index (χ3n) is 3.28. The van der Waals surface area contributed by atoms with Gasteiger partial charge in [-0.3, -0.25) is 4.79 Å². The molecule has 0 unspecified atom stereocenters. The van der Waals surface area contributed by atoms with Gasteiger partial charge in [0.25, 0.3) is 5.91 Å². The molecule has 1 amide bonds. The number of rotatable bonds is 4. The van der Waals surface area contributed by atoms with Crippen LogP contribution >= 0.6 is 11.3 Å². The number of hydrogen-bond donors (Lipinski definition) is 0. The molecule has 1 aliphatic rings. The second-order valence-electron chi connectivity index (χ2n) is 5.11. The van der Waals surface area contributed by atoms with Crippen molar-refractivity contribution in [3.05, 3.63) is 21.4 Å². The average molecular weight is 251 g/mol. The normalized spacial score (nSPS) is 15.4. The van der Waals surface area contributed by atoms with E-state index in [1.54, 1.807) is 11.3 Å². The van der Waals surface area contributed by atoms with E-state index in [0.717, 1.165) is 11.3 Å². The summed E-state index contributed by atoms with van der Waals surface area (Å²) in [4.78, 5) is 16.8. The fourth-order valence-corrected chi connectivity index (χ4v) is 3.34. The van der Waals surface area contributed by atoms with E-state index in [4.69, 9.17) is 0 Å². The van der Waals surface area contributed by atoms with Crippen molar-refractivity contribution in [2.45, 2.75) is 59.0 Å². The van der Waals surface area contributed by atoms with Gasteiger partial charge in [-0.2, -0.15) is 0 Å². The van der Waals surface area contributed by atoms with E-state index in [0.29, 0.717) is 12.1 Å². The maximum atomic E-state index is 12.5. The van der Waals surface area contributed by atoms with E-state index in [-0.39, 0.29) is 5.91 Å². The van der Waals surface area contributed by atoms with Crippen LogP contribution in [-0.4, -0.2) is 22.9 Å². The molecule has 0 radical (unpaired) electrons. The van der Waals surface area contributed by atoms with Gasteiger partial charge in [-0.15, -0.1) is 11.3 Å². The predicted molar refractivity (Wildman–Crippen MR) is 72.8 cm³/mol. The van der Waals surface area contributed by atoms with Gasteiger partial charge in [0.2, 0.25) is 0 Å². The van der Waals surface area contributed by atoms with Gasteiger partial charge in [-0.25, -0.2) is 0 Å². The van der Waals surface area contributed by atoms with Crippen LogP contribution < -0.4 is 0 Å². The van der Waals surface area contributed by atoms with Crippen molar-refractivity contribution in [1.82, 2.24) is 4.90 Å². The Morgan fingerprint density at radius 2 is 2.18 bits per heavy atom. The van der Waals surface area contributed by atoms with Crippen LogP contribution in [0.3, 0.4) is 0 Å². The molecule has 0 spiro atoms. The molecule has 2 rings (SSSR count). The fraction of sp³-hybridized carbons (Fsp3) is 0.643. The highest BCUT2D eigenvalue weighted by molar-refractivity contribution is 7.14. The minimum atomic E-state index is 0.232. The molecule has 0 aromatic carbocycles. The summed E-state index contributed by atoms with van der Waals surface area (Å²) in [5, 5.41) is 0. The molecule has 0 atom stereocenters. The first-order chi connectivity index (χ1) is 8.04. The van der Waals surface area contributed by atoms with Crippen molar-refractivity contribution < 1.29 is 4.79 Å². The minimum absolute atomic E-state index is 0.232. The van der Waals surface area contributed by atoms with E-state index in [9.17, 15) is 4.79 Å². The Hall–Kier alpha value is -0.830. The van der Waals surface area contributed by atoms with E-state index in [2.05, 4.69) is 38.7 Å². The summed E-state index contributed by atoms with van der Waals surface area (Å²) in [5.74, 6) is 0.232. The molecule has 1 aromatic heterocycles. The van der Waals surface area contributed by atoms with Crippen LogP contribution in [0.15, 0.2) is 6.07 Å². The molecule has 17 heavy (non-hydrogen) atoms. The van der Waals surface area contributed by atoms with Crippen LogP contribution in [-0.2, 0) is 6.42 Å². The highest BCUT2D eigenvalue weighted by Crippen LogP contribution is 2.32. The van der Waals surface area contributed by atoms with E-state index in [1.807, 2.05) is 0 Å². The summed E-state index contributed by atoms with van der Waals surface area (Å²) in [5.41, 5.74) is 1.26. The molecule has 1 saturated carbocycles. The molecule has 3 heteroatoms. The maximum Gasteiger partial charge on any atom is 0.264 e. The molecule has 94 valence electrons. The quantitative estimate of drug-likeness (QED) is 0.800. The Bertz CT molecular complexity index is 416. The Balaban J connectivity index is 2.22. The Morgan fingerprint density at radius 3 is 2.59 bits per heavy atom. The van der Waals surface area contributed by atoms with Crippen molar-refractivity contribution in [3.8, 4) is 0 Å². The topological polar surface area (TPSA) is 20.3 Å². The molecule has 0 aliphatic heterocycles. The zero-order valence-corrected chi connectivity index (χ0v) is 11.9. The largest absolute Gasteiger partial charge is 0.333 e. The second kappa shape index (κ2) is 4.81. The zero-order chi connectivity index (χ0) is 12.6. The first kappa shape index (κ1) is 12.6.